The number of ether oxygens (including phenoxy) is 1. The molecule has 0 spiro atoms. The molecular formula is C19H27N3O3. The molecule has 6 nitrogen and oxygen atoms in total. The molecule has 1 aliphatic rings. The van der Waals surface area contributed by atoms with E-state index in [1.807, 2.05) is 26.0 Å². The van der Waals surface area contributed by atoms with E-state index < -0.39 is 0 Å². The molecule has 2 atom stereocenters. The molecule has 3 N–H and O–H groups in total. The van der Waals surface area contributed by atoms with Crippen molar-refractivity contribution in [2.45, 2.75) is 27.7 Å². The van der Waals surface area contributed by atoms with Crippen molar-refractivity contribution in [2.75, 3.05) is 19.0 Å². The van der Waals surface area contributed by atoms with Crippen LogP contribution in [0.2, 0.25) is 0 Å². The minimum Gasteiger partial charge on any atom is -0.497 e. The molecular weight excluding hydrogens is 318 g/mol. The van der Waals surface area contributed by atoms with Gasteiger partial charge in [-0.2, -0.15) is 0 Å². The summed E-state index contributed by atoms with van der Waals surface area (Å²) in [5, 5.41) is 2.99. The van der Waals surface area contributed by atoms with Gasteiger partial charge in [-0.3, -0.25) is 20.4 Å². The quantitative estimate of drug-likeness (QED) is 0.547. The topological polar surface area (TPSA) is 79.5 Å². The molecule has 6 heteroatoms. The molecule has 1 saturated carbocycles. The lowest BCUT2D eigenvalue weighted by Crippen LogP contribution is -2.45. The normalized spacial score (nSPS) is 20.2. The Labute approximate surface area is 149 Å². The van der Waals surface area contributed by atoms with Crippen LogP contribution in [-0.2, 0) is 9.59 Å². The summed E-state index contributed by atoms with van der Waals surface area (Å²) >= 11 is 0. The predicted octanol–water partition coefficient (Wildman–Crippen LogP) is 2.49. The third kappa shape index (κ3) is 4.75. The summed E-state index contributed by atoms with van der Waals surface area (Å²) in [4.78, 5) is 24.2. The zero-order valence-corrected chi connectivity index (χ0v) is 15.5. The summed E-state index contributed by atoms with van der Waals surface area (Å²) in [7, 11) is 1.60. The van der Waals surface area contributed by atoms with Crippen LogP contribution in [0, 0.1) is 17.3 Å². The SMILES string of the molecule is COc1ccc(NCC(=O)NNC(=O)C2C(C=C(C)C)C2(C)C)cc1. The van der Waals surface area contributed by atoms with Gasteiger partial charge in [0.1, 0.15) is 5.75 Å². The van der Waals surface area contributed by atoms with Crippen LogP contribution in [0.4, 0.5) is 5.69 Å². The smallest absolute Gasteiger partial charge is 0.257 e. The maximum absolute atomic E-state index is 12.3. The molecule has 25 heavy (non-hydrogen) atoms. The molecule has 0 aliphatic heterocycles. The number of rotatable bonds is 6. The lowest BCUT2D eigenvalue weighted by atomic mass is 10.1. The van der Waals surface area contributed by atoms with Gasteiger partial charge in [0.05, 0.1) is 19.6 Å². The molecule has 0 radical (unpaired) electrons. The van der Waals surface area contributed by atoms with Gasteiger partial charge in [-0.15, -0.1) is 0 Å². The van der Waals surface area contributed by atoms with Crippen LogP contribution in [-0.4, -0.2) is 25.5 Å². The number of nitrogens with one attached hydrogen (secondary N) is 3. The summed E-state index contributed by atoms with van der Waals surface area (Å²) in [5.41, 5.74) is 6.91. The standard InChI is InChI=1S/C19H27N3O3/c1-12(2)10-15-17(19(15,3)4)18(24)22-21-16(23)11-20-13-6-8-14(25-5)9-7-13/h6-10,15,17,20H,11H2,1-5H3,(H,21,23)(H,22,24). The van der Waals surface area contributed by atoms with Gasteiger partial charge < -0.3 is 10.1 Å². The van der Waals surface area contributed by atoms with Crippen LogP contribution < -0.4 is 20.9 Å². The highest BCUT2D eigenvalue weighted by Crippen LogP contribution is 2.59. The summed E-state index contributed by atoms with van der Waals surface area (Å²) in [5.74, 6) is 0.399. The van der Waals surface area contributed by atoms with Crippen molar-refractivity contribution in [2.24, 2.45) is 17.3 Å². The van der Waals surface area contributed by atoms with E-state index in [0.29, 0.717) is 0 Å². The van der Waals surface area contributed by atoms with Gasteiger partial charge in [0.25, 0.3) is 5.91 Å². The Morgan fingerprint density at radius 1 is 1.16 bits per heavy atom. The second-order valence-corrected chi connectivity index (χ2v) is 7.19. The summed E-state index contributed by atoms with van der Waals surface area (Å²) in [6.45, 7) is 8.24. The maximum Gasteiger partial charge on any atom is 0.257 e. The van der Waals surface area contributed by atoms with Crippen molar-refractivity contribution in [3.63, 3.8) is 0 Å². The van der Waals surface area contributed by atoms with E-state index in [9.17, 15) is 9.59 Å². The van der Waals surface area contributed by atoms with E-state index in [4.69, 9.17) is 4.74 Å². The molecule has 0 aromatic heterocycles. The van der Waals surface area contributed by atoms with E-state index in [-0.39, 0.29) is 35.6 Å². The lowest BCUT2D eigenvalue weighted by molar-refractivity contribution is -0.129. The number of benzene rings is 1. The number of methoxy groups -OCH3 is 1. The molecule has 1 aromatic carbocycles. The molecule has 1 aromatic rings. The van der Waals surface area contributed by atoms with Crippen LogP contribution in [0.3, 0.4) is 0 Å². The van der Waals surface area contributed by atoms with Gasteiger partial charge in [-0.1, -0.05) is 25.5 Å². The number of carbonyl (C=O) groups excluding carboxylic acids is 2. The first-order valence-electron chi connectivity index (χ1n) is 8.37. The highest BCUT2D eigenvalue weighted by atomic mass is 16.5. The fourth-order valence-corrected chi connectivity index (χ4v) is 2.99. The second kappa shape index (κ2) is 7.59. The Kier molecular flexibility index (Phi) is 5.72. The zero-order valence-electron chi connectivity index (χ0n) is 15.5. The average molecular weight is 345 g/mol. The maximum atomic E-state index is 12.3. The molecule has 0 saturated heterocycles. The molecule has 0 heterocycles. The number of allylic oxidation sites excluding steroid dienone is 2. The van der Waals surface area contributed by atoms with Crippen molar-refractivity contribution in [3.8, 4) is 5.75 Å². The molecule has 136 valence electrons. The summed E-state index contributed by atoms with van der Waals surface area (Å²) in [6.07, 6.45) is 2.12. The highest BCUT2D eigenvalue weighted by molar-refractivity contribution is 5.87. The number of hydrazine groups is 1. The monoisotopic (exact) mass is 345 g/mol. The zero-order chi connectivity index (χ0) is 18.6. The molecule has 0 bridgehead atoms. The van der Waals surface area contributed by atoms with Crippen LogP contribution in [0.25, 0.3) is 0 Å². The van der Waals surface area contributed by atoms with Gasteiger partial charge in [-0.25, -0.2) is 0 Å². The summed E-state index contributed by atoms with van der Waals surface area (Å²) in [6, 6.07) is 7.25. The second-order valence-electron chi connectivity index (χ2n) is 7.19. The van der Waals surface area contributed by atoms with Crippen LogP contribution in [0.1, 0.15) is 27.7 Å². The Hall–Kier alpha value is -2.50. The van der Waals surface area contributed by atoms with Crippen molar-refractivity contribution >= 4 is 17.5 Å². The van der Waals surface area contributed by atoms with Crippen LogP contribution in [0.5, 0.6) is 5.75 Å². The van der Waals surface area contributed by atoms with Gasteiger partial charge in [0, 0.05) is 5.69 Å². The number of carbonyl (C=O) groups is 2. The number of hydrogen-bond donors (Lipinski definition) is 3. The highest BCUT2D eigenvalue weighted by Gasteiger charge is 2.60. The third-order valence-electron chi connectivity index (χ3n) is 4.57. The van der Waals surface area contributed by atoms with E-state index in [1.54, 1.807) is 19.2 Å². The lowest BCUT2D eigenvalue weighted by Gasteiger charge is -2.10. The largest absolute Gasteiger partial charge is 0.497 e. The Morgan fingerprint density at radius 2 is 1.80 bits per heavy atom. The van der Waals surface area contributed by atoms with E-state index in [1.165, 1.54) is 5.57 Å². The average Bonchev–Trinajstić information content (AvgIpc) is 3.10. The summed E-state index contributed by atoms with van der Waals surface area (Å²) < 4.78 is 5.08. The number of amides is 2. The van der Waals surface area contributed by atoms with Gasteiger partial charge in [0.15, 0.2) is 0 Å². The Morgan fingerprint density at radius 3 is 2.36 bits per heavy atom. The Balaban J connectivity index is 1.76. The van der Waals surface area contributed by atoms with E-state index in [0.717, 1.165) is 11.4 Å². The van der Waals surface area contributed by atoms with Gasteiger partial charge in [0.2, 0.25) is 5.91 Å². The predicted molar refractivity (Wildman–Crippen MR) is 98.0 cm³/mol. The fourth-order valence-electron chi connectivity index (χ4n) is 2.99. The van der Waals surface area contributed by atoms with E-state index in [2.05, 4.69) is 36.1 Å². The fraction of sp³-hybridized carbons (Fsp3) is 0.474. The molecule has 2 unspecified atom stereocenters. The molecule has 2 amide bonds. The van der Waals surface area contributed by atoms with Gasteiger partial charge >= 0.3 is 0 Å². The van der Waals surface area contributed by atoms with Crippen LogP contribution in [0.15, 0.2) is 35.9 Å². The first-order chi connectivity index (χ1) is 11.8. The van der Waals surface area contributed by atoms with Crippen molar-refractivity contribution < 1.29 is 14.3 Å². The minimum absolute atomic E-state index is 0.0675. The van der Waals surface area contributed by atoms with Crippen molar-refractivity contribution in [1.82, 2.24) is 10.9 Å². The molecule has 1 fully saturated rings. The van der Waals surface area contributed by atoms with E-state index >= 15 is 0 Å². The first-order valence-corrected chi connectivity index (χ1v) is 8.37. The Bertz CT molecular complexity index is 661. The van der Waals surface area contributed by atoms with Crippen molar-refractivity contribution in [3.05, 3.63) is 35.9 Å². The minimum atomic E-state index is -0.304. The van der Waals surface area contributed by atoms with Gasteiger partial charge in [-0.05, 0) is 49.4 Å². The van der Waals surface area contributed by atoms with Crippen LogP contribution >= 0.6 is 0 Å². The van der Waals surface area contributed by atoms with Crippen molar-refractivity contribution in [1.29, 1.82) is 0 Å². The molecule has 1 aliphatic carbocycles. The third-order valence-corrected chi connectivity index (χ3v) is 4.57. The number of hydrogen-bond acceptors (Lipinski definition) is 4. The first kappa shape index (κ1) is 18.8. The number of anilines is 1. The molecule has 2 rings (SSSR count).